The highest BCUT2D eigenvalue weighted by atomic mass is 32.1. The summed E-state index contributed by atoms with van der Waals surface area (Å²) in [6, 6.07) is 14.6. The zero-order valence-corrected chi connectivity index (χ0v) is 19.5. The summed E-state index contributed by atoms with van der Waals surface area (Å²) in [6.07, 6.45) is 1.77. The number of fused-ring (bicyclic) bond motifs is 1. The fourth-order valence-electron chi connectivity index (χ4n) is 4.27. The molecule has 3 heterocycles. The van der Waals surface area contributed by atoms with Gasteiger partial charge in [-0.25, -0.2) is 9.07 Å². The Kier molecular flexibility index (Phi) is 5.85. The van der Waals surface area contributed by atoms with Crippen LogP contribution in [0.15, 0.2) is 48.5 Å². The van der Waals surface area contributed by atoms with Gasteiger partial charge in [0.1, 0.15) is 5.82 Å². The summed E-state index contributed by atoms with van der Waals surface area (Å²) in [4.78, 5) is 19.9. The third-order valence-corrected chi connectivity index (χ3v) is 7.29. The van der Waals surface area contributed by atoms with Gasteiger partial charge in [-0.05, 0) is 56.5 Å². The molecule has 1 aliphatic heterocycles. The Morgan fingerprint density at radius 2 is 2.03 bits per heavy atom. The minimum absolute atomic E-state index is 0.00656. The predicted octanol–water partition coefficient (Wildman–Crippen LogP) is 4.77. The lowest BCUT2D eigenvalue weighted by atomic mass is 9.97. The van der Waals surface area contributed by atoms with Crippen LogP contribution in [0, 0.1) is 25.6 Å². The molecule has 33 heavy (non-hydrogen) atoms. The maximum absolute atomic E-state index is 13.4. The molecule has 0 bridgehead atoms. The first-order chi connectivity index (χ1) is 16.0. The predicted molar refractivity (Wildman–Crippen MR) is 129 cm³/mol. The number of piperidine rings is 1. The van der Waals surface area contributed by atoms with Gasteiger partial charge in [-0.1, -0.05) is 41.2 Å². The van der Waals surface area contributed by atoms with Crippen LogP contribution in [0.4, 0.5) is 9.52 Å². The lowest BCUT2D eigenvalue weighted by Gasteiger charge is -2.31. The van der Waals surface area contributed by atoms with Crippen LogP contribution in [0.2, 0.25) is 0 Å². The molecule has 0 aliphatic carbocycles. The van der Waals surface area contributed by atoms with Crippen molar-refractivity contribution in [2.75, 3.05) is 18.0 Å². The molecular weight excluding hydrogens is 437 g/mol. The number of aromatic nitrogens is 3. The average Bonchev–Trinajstić information content (AvgIpc) is 3.39. The second-order valence-corrected chi connectivity index (χ2v) is 9.59. The van der Waals surface area contributed by atoms with Crippen molar-refractivity contribution in [3.8, 4) is 5.69 Å². The van der Waals surface area contributed by atoms with Gasteiger partial charge in [0.05, 0.1) is 22.0 Å². The second-order valence-electron chi connectivity index (χ2n) is 8.61. The van der Waals surface area contributed by atoms with Gasteiger partial charge in [-0.15, -0.1) is 0 Å². The van der Waals surface area contributed by atoms with Crippen molar-refractivity contribution in [1.82, 2.24) is 20.1 Å². The van der Waals surface area contributed by atoms with E-state index in [4.69, 9.17) is 10.1 Å². The SMILES string of the molecule is Cc1ccc(-n2nc(C)c3sc(N4CCCC(C(=O)NCc5cccc(F)c5)C4)nc32)cc1. The van der Waals surface area contributed by atoms with Gasteiger partial charge in [-0.3, -0.25) is 4.79 Å². The summed E-state index contributed by atoms with van der Waals surface area (Å²) in [5.74, 6) is -0.401. The number of amides is 1. The van der Waals surface area contributed by atoms with Crippen LogP contribution in [-0.4, -0.2) is 33.8 Å². The quantitative estimate of drug-likeness (QED) is 0.463. The number of carbonyl (C=O) groups is 1. The summed E-state index contributed by atoms with van der Waals surface area (Å²) in [7, 11) is 0. The number of aryl methyl sites for hydroxylation is 2. The van der Waals surface area contributed by atoms with Crippen LogP contribution in [0.25, 0.3) is 16.0 Å². The average molecular weight is 464 g/mol. The lowest BCUT2D eigenvalue weighted by molar-refractivity contribution is -0.125. The van der Waals surface area contributed by atoms with E-state index in [1.54, 1.807) is 17.4 Å². The van der Waals surface area contributed by atoms with Crippen molar-refractivity contribution in [3.05, 3.63) is 71.2 Å². The monoisotopic (exact) mass is 463 g/mol. The van der Waals surface area contributed by atoms with E-state index in [0.717, 1.165) is 51.8 Å². The number of thiazole rings is 1. The standard InChI is InChI=1S/C25H26FN5OS/c1-16-8-10-21(11-9-16)31-23-22(17(2)29-31)33-25(28-23)30-12-4-6-19(15-30)24(32)27-14-18-5-3-7-20(26)13-18/h3,5,7-11,13,19H,4,6,12,14-15H2,1-2H3,(H,27,32). The van der Waals surface area contributed by atoms with Gasteiger partial charge < -0.3 is 10.2 Å². The van der Waals surface area contributed by atoms with Crippen molar-refractivity contribution in [3.63, 3.8) is 0 Å². The molecule has 4 aromatic rings. The molecule has 1 fully saturated rings. The molecule has 5 rings (SSSR count). The number of rotatable bonds is 5. The fourth-order valence-corrected chi connectivity index (χ4v) is 5.29. The Morgan fingerprint density at radius 3 is 2.82 bits per heavy atom. The first kappa shape index (κ1) is 21.6. The Labute approximate surface area is 196 Å². The van der Waals surface area contributed by atoms with E-state index in [1.165, 1.54) is 17.7 Å². The lowest BCUT2D eigenvalue weighted by Crippen LogP contribution is -2.43. The van der Waals surface area contributed by atoms with Crippen LogP contribution < -0.4 is 10.2 Å². The topological polar surface area (TPSA) is 63.1 Å². The molecule has 6 nitrogen and oxygen atoms in total. The smallest absolute Gasteiger partial charge is 0.225 e. The van der Waals surface area contributed by atoms with Crippen molar-refractivity contribution in [1.29, 1.82) is 0 Å². The summed E-state index contributed by atoms with van der Waals surface area (Å²) in [5.41, 5.74) is 4.76. The van der Waals surface area contributed by atoms with Crippen LogP contribution in [0.3, 0.4) is 0 Å². The molecular formula is C25H26FN5OS. The van der Waals surface area contributed by atoms with Crippen LogP contribution in [0.5, 0.6) is 0 Å². The Morgan fingerprint density at radius 1 is 1.21 bits per heavy atom. The van der Waals surface area contributed by atoms with E-state index in [1.807, 2.05) is 17.7 Å². The van der Waals surface area contributed by atoms with Crippen molar-refractivity contribution in [2.45, 2.75) is 33.2 Å². The highest BCUT2D eigenvalue weighted by molar-refractivity contribution is 7.22. The molecule has 0 spiro atoms. The van der Waals surface area contributed by atoms with Crippen molar-refractivity contribution >= 4 is 32.7 Å². The summed E-state index contributed by atoms with van der Waals surface area (Å²) < 4.78 is 16.4. The molecule has 0 radical (unpaired) electrons. The molecule has 1 N–H and O–H groups in total. The van der Waals surface area contributed by atoms with E-state index in [0.29, 0.717) is 13.1 Å². The number of benzene rings is 2. The molecule has 0 saturated carbocycles. The number of nitrogens with zero attached hydrogens (tertiary/aromatic N) is 4. The highest BCUT2D eigenvalue weighted by Crippen LogP contribution is 2.34. The minimum Gasteiger partial charge on any atom is -0.352 e. The number of anilines is 1. The Bertz CT molecular complexity index is 1300. The van der Waals surface area contributed by atoms with Gasteiger partial charge in [0.2, 0.25) is 5.91 Å². The van der Waals surface area contributed by atoms with Crippen LogP contribution in [-0.2, 0) is 11.3 Å². The molecule has 1 saturated heterocycles. The summed E-state index contributed by atoms with van der Waals surface area (Å²) in [5, 5.41) is 8.59. The molecule has 8 heteroatoms. The maximum Gasteiger partial charge on any atom is 0.225 e. The van der Waals surface area contributed by atoms with Gasteiger partial charge in [-0.2, -0.15) is 10.1 Å². The zero-order valence-electron chi connectivity index (χ0n) is 18.7. The van der Waals surface area contributed by atoms with Crippen LogP contribution in [0.1, 0.15) is 29.7 Å². The van der Waals surface area contributed by atoms with E-state index >= 15 is 0 Å². The Hall–Kier alpha value is -3.26. The van der Waals surface area contributed by atoms with Gasteiger partial charge in [0.25, 0.3) is 0 Å². The maximum atomic E-state index is 13.4. The summed E-state index contributed by atoms with van der Waals surface area (Å²) in [6.45, 7) is 5.91. The molecule has 1 amide bonds. The molecule has 2 aromatic heterocycles. The third kappa shape index (κ3) is 4.48. The zero-order chi connectivity index (χ0) is 22.9. The van der Waals surface area contributed by atoms with E-state index in [-0.39, 0.29) is 17.6 Å². The molecule has 1 atom stereocenters. The first-order valence-electron chi connectivity index (χ1n) is 11.2. The number of hydrogen-bond donors (Lipinski definition) is 1. The number of hydrogen-bond acceptors (Lipinski definition) is 5. The molecule has 1 aliphatic rings. The normalized spacial score (nSPS) is 16.3. The molecule has 170 valence electrons. The minimum atomic E-state index is -0.291. The van der Waals surface area contributed by atoms with Gasteiger partial charge in [0.15, 0.2) is 10.8 Å². The largest absolute Gasteiger partial charge is 0.352 e. The number of nitrogens with one attached hydrogen (secondary N) is 1. The van der Waals surface area contributed by atoms with Crippen molar-refractivity contribution in [2.24, 2.45) is 5.92 Å². The van der Waals surface area contributed by atoms with Gasteiger partial charge in [0, 0.05) is 19.6 Å². The second kappa shape index (κ2) is 8.94. The summed E-state index contributed by atoms with van der Waals surface area (Å²) >= 11 is 1.63. The van der Waals surface area contributed by atoms with Crippen LogP contribution >= 0.6 is 11.3 Å². The fraction of sp³-hybridized carbons (Fsp3) is 0.320. The van der Waals surface area contributed by atoms with Crippen molar-refractivity contribution < 1.29 is 9.18 Å². The van der Waals surface area contributed by atoms with Gasteiger partial charge >= 0.3 is 0 Å². The van der Waals surface area contributed by atoms with E-state index < -0.39 is 0 Å². The highest BCUT2D eigenvalue weighted by Gasteiger charge is 2.28. The molecule has 1 unspecified atom stereocenters. The Balaban J connectivity index is 1.32. The van der Waals surface area contributed by atoms with E-state index in [2.05, 4.69) is 41.4 Å². The van der Waals surface area contributed by atoms with E-state index in [9.17, 15) is 9.18 Å². The number of halogens is 1. The number of carbonyl (C=O) groups excluding carboxylic acids is 1. The third-order valence-electron chi connectivity index (χ3n) is 6.07. The first-order valence-corrected chi connectivity index (χ1v) is 12.0. The molecule has 2 aromatic carbocycles.